The maximum atomic E-state index is 11.8. The van der Waals surface area contributed by atoms with E-state index in [9.17, 15) is 4.79 Å². The Kier molecular flexibility index (Phi) is 6.02. The molecule has 5 nitrogen and oxygen atoms in total. The van der Waals surface area contributed by atoms with Crippen LogP contribution in [0.2, 0.25) is 0 Å². The molecule has 0 unspecified atom stereocenters. The summed E-state index contributed by atoms with van der Waals surface area (Å²) in [5.74, 6) is 0.521. The molecule has 0 aromatic carbocycles. The van der Waals surface area contributed by atoms with E-state index in [1.54, 1.807) is 0 Å². The van der Waals surface area contributed by atoms with Crippen LogP contribution in [0.4, 0.5) is 0 Å². The van der Waals surface area contributed by atoms with Gasteiger partial charge in [0.25, 0.3) is 0 Å². The lowest BCUT2D eigenvalue weighted by Crippen LogP contribution is -2.27. The largest absolute Gasteiger partial charge is 0.396 e. The van der Waals surface area contributed by atoms with Gasteiger partial charge in [-0.15, -0.1) is 0 Å². The highest BCUT2D eigenvalue weighted by molar-refractivity contribution is 5.79. The van der Waals surface area contributed by atoms with Gasteiger partial charge in [-0.1, -0.05) is 13.8 Å². The van der Waals surface area contributed by atoms with Crippen molar-refractivity contribution in [3.8, 4) is 0 Å². The topological polar surface area (TPSA) is 67.2 Å². The van der Waals surface area contributed by atoms with Crippen molar-refractivity contribution in [2.45, 2.75) is 47.1 Å². The van der Waals surface area contributed by atoms with E-state index in [1.165, 1.54) is 0 Å². The normalized spacial score (nSPS) is 11.1. The summed E-state index contributed by atoms with van der Waals surface area (Å²) in [4.78, 5) is 11.8. The van der Waals surface area contributed by atoms with Crippen molar-refractivity contribution in [2.75, 3.05) is 13.2 Å². The van der Waals surface area contributed by atoms with E-state index in [0.717, 1.165) is 23.5 Å². The molecule has 1 rings (SSSR count). The number of rotatable bonds is 7. The molecule has 0 saturated carbocycles. The predicted octanol–water partition coefficient (Wildman–Crippen LogP) is 1.20. The summed E-state index contributed by atoms with van der Waals surface area (Å²) in [6.07, 6.45) is 0.956. The number of aryl methyl sites for hydroxylation is 1. The third-order valence-corrected chi connectivity index (χ3v) is 3.06. The Morgan fingerprint density at radius 2 is 2.11 bits per heavy atom. The van der Waals surface area contributed by atoms with Crippen LogP contribution in [0.1, 0.15) is 37.2 Å². The summed E-state index contributed by atoms with van der Waals surface area (Å²) >= 11 is 0. The van der Waals surface area contributed by atoms with Crippen LogP contribution in [-0.4, -0.2) is 33.9 Å². The maximum Gasteiger partial charge on any atom is 0.224 e. The minimum Gasteiger partial charge on any atom is -0.396 e. The van der Waals surface area contributed by atoms with Crippen molar-refractivity contribution in [3.63, 3.8) is 0 Å². The van der Waals surface area contributed by atoms with Crippen LogP contribution in [0.3, 0.4) is 0 Å². The lowest BCUT2D eigenvalue weighted by molar-refractivity contribution is -0.120. The van der Waals surface area contributed by atoms with Gasteiger partial charge in [0.15, 0.2) is 0 Å². The van der Waals surface area contributed by atoms with Crippen molar-refractivity contribution in [2.24, 2.45) is 5.92 Å². The number of carbonyl (C=O) groups is 1. The average Bonchev–Trinajstić information content (AvgIpc) is 2.56. The maximum absolute atomic E-state index is 11.8. The lowest BCUT2D eigenvalue weighted by atomic mass is 10.1. The summed E-state index contributed by atoms with van der Waals surface area (Å²) in [7, 11) is 0. The molecule has 0 spiro atoms. The molecule has 0 aliphatic rings. The summed E-state index contributed by atoms with van der Waals surface area (Å²) in [6.45, 7) is 9.76. The molecule has 1 aromatic rings. The summed E-state index contributed by atoms with van der Waals surface area (Å²) in [5.41, 5.74) is 3.01. The predicted molar refractivity (Wildman–Crippen MR) is 75.0 cm³/mol. The number of amides is 1. The Labute approximate surface area is 115 Å². The van der Waals surface area contributed by atoms with Gasteiger partial charge >= 0.3 is 0 Å². The van der Waals surface area contributed by atoms with E-state index in [4.69, 9.17) is 5.11 Å². The molecule has 1 amide bonds. The number of aliphatic hydroxyl groups excluding tert-OH is 1. The zero-order valence-corrected chi connectivity index (χ0v) is 12.4. The fourth-order valence-electron chi connectivity index (χ4n) is 2.04. The molecule has 19 heavy (non-hydrogen) atoms. The number of nitrogens with one attached hydrogen (secondary N) is 1. The smallest absolute Gasteiger partial charge is 0.224 e. The van der Waals surface area contributed by atoms with Gasteiger partial charge in [0.2, 0.25) is 5.91 Å². The Morgan fingerprint density at radius 3 is 2.68 bits per heavy atom. The van der Waals surface area contributed by atoms with Gasteiger partial charge in [0, 0.05) is 31.0 Å². The molecule has 108 valence electrons. The zero-order chi connectivity index (χ0) is 14.4. The van der Waals surface area contributed by atoms with Crippen molar-refractivity contribution in [3.05, 3.63) is 17.0 Å². The second-order valence-electron chi connectivity index (χ2n) is 5.33. The van der Waals surface area contributed by atoms with E-state index in [1.807, 2.05) is 18.5 Å². The van der Waals surface area contributed by atoms with Gasteiger partial charge in [-0.25, -0.2) is 0 Å². The quantitative estimate of drug-likeness (QED) is 0.729. The molecule has 0 aliphatic heterocycles. The highest BCUT2D eigenvalue weighted by Crippen LogP contribution is 2.15. The van der Waals surface area contributed by atoms with Gasteiger partial charge in [-0.2, -0.15) is 5.10 Å². The molecule has 0 saturated heterocycles. The number of nitrogens with zero attached hydrogens (tertiary/aromatic N) is 2. The first kappa shape index (κ1) is 15.7. The first-order valence-corrected chi connectivity index (χ1v) is 6.86. The fraction of sp³-hybridized carbons (Fsp3) is 0.714. The Bertz CT molecular complexity index is 425. The van der Waals surface area contributed by atoms with Gasteiger partial charge in [-0.3, -0.25) is 9.48 Å². The first-order valence-electron chi connectivity index (χ1n) is 6.86. The van der Waals surface area contributed by atoms with Crippen LogP contribution < -0.4 is 5.32 Å². The molecular weight excluding hydrogens is 242 g/mol. The second-order valence-corrected chi connectivity index (χ2v) is 5.33. The standard InChI is InChI=1S/C14H25N3O2/c1-10(2)9-17-12(4)13(11(3)16-17)8-14(19)15-6-5-7-18/h10,18H,5-9H2,1-4H3,(H,15,19). The van der Waals surface area contributed by atoms with Crippen LogP contribution in [0.25, 0.3) is 0 Å². The first-order chi connectivity index (χ1) is 8.95. The van der Waals surface area contributed by atoms with Gasteiger partial charge in [0.05, 0.1) is 12.1 Å². The van der Waals surface area contributed by atoms with Crippen LogP contribution in [0.15, 0.2) is 0 Å². The number of hydrogen-bond donors (Lipinski definition) is 2. The lowest BCUT2D eigenvalue weighted by Gasteiger charge is -2.08. The van der Waals surface area contributed by atoms with Crippen molar-refractivity contribution < 1.29 is 9.90 Å². The summed E-state index contributed by atoms with van der Waals surface area (Å²) in [6, 6.07) is 0. The van der Waals surface area contributed by atoms with E-state index in [0.29, 0.717) is 25.3 Å². The van der Waals surface area contributed by atoms with Gasteiger partial charge in [-0.05, 0) is 26.2 Å². The SMILES string of the molecule is Cc1nn(CC(C)C)c(C)c1CC(=O)NCCCO. The van der Waals surface area contributed by atoms with E-state index < -0.39 is 0 Å². The number of aromatic nitrogens is 2. The Balaban J connectivity index is 2.67. The molecule has 1 heterocycles. The molecule has 0 fully saturated rings. The molecule has 1 aromatic heterocycles. The van der Waals surface area contributed by atoms with Crippen LogP contribution in [-0.2, 0) is 17.8 Å². The minimum absolute atomic E-state index is 0.0104. The highest BCUT2D eigenvalue weighted by atomic mass is 16.3. The van der Waals surface area contributed by atoms with Gasteiger partial charge in [0.1, 0.15) is 0 Å². The fourth-order valence-corrected chi connectivity index (χ4v) is 2.04. The third-order valence-electron chi connectivity index (χ3n) is 3.06. The van der Waals surface area contributed by atoms with Crippen LogP contribution >= 0.6 is 0 Å². The van der Waals surface area contributed by atoms with Crippen LogP contribution in [0.5, 0.6) is 0 Å². The van der Waals surface area contributed by atoms with Crippen molar-refractivity contribution in [1.82, 2.24) is 15.1 Å². The summed E-state index contributed by atoms with van der Waals surface area (Å²) < 4.78 is 1.98. The summed E-state index contributed by atoms with van der Waals surface area (Å²) in [5, 5.41) is 16.0. The molecule has 2 N–H and O–H groups in total. The minimum atomic E-state index is -0.0104. The molecular formula is C14H25N3O2. The van der Waals surface area contributed by atoms with Crippen LogP contribution in [0, 0.1) is 19.8 Å². The van der Waals surface area contributed by atoms with E-state index >= 15 is 0 Å². The number of aliphatic hydroxyl groups is 1. The second kappa shape index (κ2) is 7.28. The molecule has 0 aliphatic carbocycles. The van der Waals surface area contributed by atoms with E-state index in [2.05, 4.69) is 24.3 Å². The molecule has 0 atom stereocenters. The monoisotopic (exact) mass is 267 g/mol. The Hall–Kier alpha value is -1.36. The molecule has 5 heteroatoms. The Morgan fingerprint density at radius 1 is 1.42 bits per heavy atom. The zero-order valence-electron chi connectivity index (χ0n) is 12.4. The highest BCUT2D eigenvalue weighted by Gasteiger charge is 2.15. The van der Waals surface area contributed by atoms with Crippen molar-refractivity contribution >= 4 is 5.91 Å². The van der Waals surface area contributed by atoms with Gasteiger partial charge < -0.3 is 10.4 Å². The average molecular weight is 267 g/mol. The van der Waals surface area contributed by atoms with E-state index in [-0.39, 0.29) is 12.5 Å². The number of carbonyl (C=O) groups excluding carboxylic acids is 1. The third kappa shape index (κ3) is 4.67. The molecule has 0 radical (unpaired) electrons. The van der Waals surface area contributed by atoms with Crippen molar-refractivity contribution in [1.29, 1.82) is 0 Å². The number of hydrogen-bond acceptors (Lipinski definition) is 3. The molecule has 0 bridgehead atoms.